The van der Waals surface area contributed by atoms with Crippen LogP contribution >= 0.6 is 7.82 Å². The van der Waals surface area contributed by atoms with E-state index in [-0.39, 0.29) is 32.0 Å². The molecule has 0 spiro atoms. The fourth-order valence-corrected chi connectivity index (χ4v) is 9.51. The molecule has 0 fully saturated rings. The predicted octanol–water partition coefficient (Wildman–Crippen LogP) is 18.7. The van der Waals surface area contributed by atoms with Crippen LogP contribution in [0.15, 0.2) is 48.6 Å². The summed E-state index contributed by atoms with van der Waals surface area (Å²) in [7, 11) is 1.17. The molecule has 10 heteroatoms. The molecule has 0 aromatic heterocycles. The molecule has 0 aromatic carbocycles. The number of hydrogen-bond donors (Lipinski definition) is 0. The van der Waals surface area contributed by atoms with Gasteiger partial charge in [-0.1, -0.05) is 249 Å². The Morgan fingerprint density at radius 1 is 0.425 bits per heavy atom. The molecule has 0 amide bonds. The van der Waals surface area contributed by atoms with Gasteiger partial charge in [0, 0.05) is 12.8 Å². The van der Waals surface area contributed by atoms with Crippen molar-refractivity contribution < 1.29 is 42.1 Å². The molecular formula is C63H118NO8P. The molecule has 73 heavy (non-hydrogen) atoms. The lowest BCUT2D eigenvalue weighted by atomic mass is 10.0. The molecule has 0 saturated heterocycles. The fraction of sp³-hybridized carbons (Fsp3) is 0.841. The zero-order chi connectivity index (χ0) is 53.5. The second kappa shape index (κ2) is 54.7. The zero-order valence-corrected chi connectivity index (χ0v) is 49.5. The quantitative estimate of drug-likeness (QED) is 0.0195. The number of likely N-dealkylation sites (N-methyl/N-ethyl adjacent to an activating group) is 1. The molecule has 2 unspecified atom stereocenters. The number of allylic oxidation sites excluding steroid dienone is 8. The lowest BCUT2D eigenvalue weighted by Gasteiger charge is -2.28. The van der Waals surface area contributed by atoms with Crippen LogP contribution in [-0.2, 0) is 32.7 Å². The first-order valence-corrected chi connectivity index (χ1v) is 32.3. The number of carbonyl (C=O) groups excluding carboxylic acids is 2. The topological polar surface area (TPSA) is 111 Å². The first kappa shape index (κ1) is 71.0. The third-order valence-electron chi connectivity index (χ3n) is 13.6. The number of nitrogens with zero attached hydrogens (tertiary/aromatic N) is 1. The van der Waals surface area contributed by atoms with Gasteiger partial charge in [-0.3, -0.25) is 14.2 Å². The van der Waals surface area contributed by atoms with E-state index in [0.29, 0.717) is 17.4 Å². The van der Waals surface area contributed by atoms with E-state index < -0.39 is 26.5 Å². The predicted molar refractivity (Wildman–Crippen MR) is 310 cm³/mol. The van der Waals surface area contributed by atoms with Gasteiger partial charge in [0.05, 0.1) is 27.7 Å². The van der Waals surface area contributed by atoms with Crippen molar-refractivity contribution in [2.75, 3.05) is 47.5 Å². The standard InChI is InChI=1S/C63H118NO8P/c1-6-8-10-12-14-16-18-20-21-22-23-24-25-26-27-28-29-30-31-32-33-34-35-36-37-38-39-40-41-42-43-44-46-48-50-52-54-56-63(66)72-61(60-71-73(67,68)70-58-57-64(3,4)5)59-69-62(65)55-53-51-49-47-45-19-17-15-13-11-9-7-2/h15,17-18,20,22-23,25-26,61H,6-14,16,19,21,24,27-60H2,1-5H3/b17-15-,20-18-,23-22-,26-25-. The Labute approximate surface area is 452 Å². The number of hydrogen-bond acceptors (Lipinski definition) is 8. The summed E-state index contributed by atoms with van der Waals surface area (Å²) in [5.74, 6) is -0.834. The molecular weight excluding hydrogens is 930 g/mol. The van der Waals surface area contributed by atoms with E-state index in [1.54, 1.807) is 0 Å². The Balaban J connectivity index is 3.91. The summed E-state index contributed by atoms with van der Waals surface area (Å²) in [4.78, 5) is 37.8. The van der Waals surface area contributed by atoms with Crippen molar-refractivity contribution in [3.05, 3.63) is 48.6 Å². The van der Waals surface area contributed by atoms with Crippen molar-refractivity contribution in [2.24, 2.45) is 0 Å². The minimum Gasteiger partial charge on any atom is -0.756 e. The van der Waals surface area contributed by atoms with Gasteiger partial charge in [0.15, 0.2) is 6.10 Å². The van der Waals surface area contributed by atoms with Gasteiger partial charge in [0.2, 0.25) is 0 Å². The number of esters is 2. The highest BCUT2D eigenvalue weighted by atomic mass is 31.2. The minimum atomic E-state index is -4.63. The largest absolute Gasteiger partial charge is 0.756 e. The number of rotatable bonds is 57. The SMILES string of the molecule is CCCCC/C=C\CCCCCCCC(=O)OCC(COP(=O)([O-])OCC[N+](C)(C)C)OC(=O)CCCCCCCCCCCCCCCCCCCCCCCC/C=C\C/C=C\C/C=C\CCCCCCC. The molecule has 0 saturated carbocycles. The summed E-state index contributed by atoms with van der Waals surface area (Å²) in [6.07, 6.45) is 69.1. The fourth-order valence-electron chi connectivity index (χ4n) is 8.78. The van der Waals surface area contributed by atoms with Crippen molar-refractivity contribution in [1.82, 2.24) is 0 Å². The van der Waals surface area contributed by atoms with E-state index in [9.17, 15) is 19.0 Å². The highest BCUT2D eigenvalue weighted by Gasteiger charge is 2.22. The molecule has 2 atom stereocenters. The minimum absolute atomic E-state index is 0.0308. The van der Waals surface area contributed by atoms with Crippen LogP contribution in [0.1, 0.15) is 290 Å². The molecule has 0 radical (unpaired) electrons. The van der Waals surface area contributed by atoms with Crippen LogP contribution < -0.4 is 4.89 Å². The van der Waals surface area contributed by atoms with Crippen molar-refractivity contribution >= 4 is 19.8 Å². The van der Waals surface area contributed by atoms with E-state index in [1.165, 1.54) is 193 Å². The van der Waals surface area contributed by atoms with Gasteiger partial charge in [-0.05, 0) is 77.0 Å². The zero-order valence-electron chi connectivity index (χ0n) is 48.6. The molecule has 9 nitrogen and oxygen atoms in total. The summed E-state index contributed by atoms with van der Waals surface area (Å²) in [5.41, 5.74) is 0. The molecule has 0 rings (SSSR count). The Bertz CT molecular complexity index is 1370. The third kappa shape index (κ3) is 59.1. The second-order valence-electron chi connectivity index (χ2n) is 22.1. The lowest BCUT2D eigenvalue weighted by molar-refractivity contribution is -0.870. The summed E-state index contributed by atoms with van der Waals surface area (Å²) in [5, 5.41) is 0. The number of phosphoric acid groups is 1. The average molecular weight is 1050 g/mol. The highest BCUT2D eigenvalue weighted by molar-refractivity contribution is 7.45. The summed E-state index contributed by atoms with van der Waals surface area (Å²) < 4.78 is 34.1. The summed E-state index contributed by atoms with van der Waals surface area (Å²) in [6, 6.07) is 0. The van der Waals surface area contributed by atoms with E-state index in [1.807, 2.05) is 21.1 Å². The van der Waals surface area contributed by atoms with Crippen LogP contribution in [0, 0.1) is 0 Å². The number of phosphoric ester groups is 1. The van der Waals surface area contributed by atoms with Crippen molar-refractivity contribution in [3.8, 4) is 0 Å². The van der Waals surface area contributed by atoms with Gasteiger partial charge in [-0.15, -0.1) is 0 Å². The maximum absolute atomic E-state index is 12.8. The van der Waals surface area contributed by atoms with Gasteiger partial charge in [0.1, 0.15) is 19.8 Å². The molecule has 428 valence electrons. The Morgan fingerprint density at radius 3 is 1.14 bits per heavy atom. The number of quaternary nitrogens is 1. The van der Waals surface area contributed by atoms with Gasteiger partial charge < -0.3 is 27.9 Å². The van der Waals surface area contributed by atoms with Crippen LogP contribution in [0.4, 0.5) is 0 Å². The molecule has 0 heterocycles. The second-order valence-corrected chi connectivity index (χ2v) is 23.5. The molecule has 0 bridgehead atoms. The summed E-state index contributed by atoms with van der Waals surface area (Å²) in [6.45, 7) is 4.22. The lowest BCUT2D eigenvalue weighted by Crippen LogP contribution is -2.37. The smallest absolute Gasteiger partial charge is 0.306 e. The van der Waals surface area contributed by atoms with Crippen LogP contribution in [0.3, 0.4) is 0 Å². The van der Waals surface area contributed by atoms with Gasteiger partial charge in [0.25, 0.3) is 7.82 Å². The maximum atomic E-state index is 12.8. The van der Waals surface area contributed by atoms with E-state index in [4.69, 9.17) is 18.5 Å². The normalized spacial score (nSPS) is 13.6. The van der Waals surface area contributed by atoms with Crippen molar-refractivity contribution in [3.63, 3.8) is 0 Å². The van der Waals surface area contributed by atoms with Gasteiger partial charge in [-0.25, -0.2) is 0 Å². The van der Waals surface area contributed by atoms with E-state index in [2.05, 4.69) is 62.5 Å². The van der Waals surface area contributed by atoms with E-state index in [0.717, 1.165) is 64.2 Å². The van der Waals surface area contributed by atoms with Crippen LogP contribution in [0.2, 0.25) is 0 Å². The van der Waals surface area contributed by atoms with Crippen LogP contribution in [0.25, 0.3) is 0 Å². The number of unbranched alkanes of at least 4 members (excludes halogenated alkanes) is 35. The molecule has 0 N–H and O–H groups in total. The Hall–Kier alpha value is -2.03. The first-order chi connectivity index (χ1) is 35.5. The monoisotopic (exact) mass is 1050 g/mol. The number of ether oxygens (including phenoxy) is 2. The highest BCUT2D eigenvalue weighted by Crippen LogP contribution is 2.38. The van der Waals surface area contributed by atoms with E-state index >= 15 is 0 Å². The average Bonchev–Trinajstić information content (AvgIpc) is 3.35. The van der Waals surface area contributed by atoms with Crippen LogP contribution in [0.5, 0.6) is 0 Å². The van der Waals surface area contributed by atoms with Gasteiger partial charge >= 0.3 is 11.9 Å². The Morgan fingerprint density at radius 2 is 0.740 bits per heavy atom. The van der Waals surface area contributed by atoms with Gasteiger partial charge in [-0.2, -0.15) is 0 Å². The third-order valence-corrected chi connectivity index (χ3v) is 14.5. The maximum Gasteiger partial charge on any atom is 0.306 e. The molecule has 0 aromatic rings. The van der Waals surface area contributed by atoms with Crippen molar-refractivity contribution in [1.29, 1.82) is 0 Å². The van der Waals surface area contributed by atoms with Crippen LogP contribution in [-0.4, -0.2) is 70.0 Å². The first-order valence-electron chi connectivity index (χ1n) is 30.8. The Kier molecular flexibility index (Phi) is 53.2. The molecule has 0 aliphatic carbocycles. The number of carbonyl (C=O) groups is 2. The molecule has 0 aliphatic heterocycles. The summed E-state index contributed by atoms with van der Waals surface area (Å²) >= 11 is 0. The van der Waals surface area contributed by atoms with Crippen molar-refractivity contribution in [2.45, 2.75) is 296 Å². The molecule has 0 aliphatic rings.